The number of hydrogen-bond acceptors (Lipinski definition) is 3. The van der Waals surface area contributed by atoms with Crippen molar-refractivity contribution in [3.8, 4) is 0 Å². The van der Waals surface area contributed by atoms with Crippen molar-refractivity contribution in [2.24, 2.45) is 0 Å². The molecule has 0 aliphatic rings. The third-order valence-electron chi connectivity index (χ3n) is 4.34. The molecular formula is C21H22ClN3O. The van der Waals surface area contributed by atoms with Gasteiger partial charge in [0.15, 0.2) is 0 Å². The van der Waals surface area contributed by atoms with E-state index in [1.807, 2.05) is 62.5 Å². The fraction of sp³-hybridized carbons (Fsp3) is 0.238. The van der Waals surface area contributed by atoms with Gasteiger partial charge in [-0.05, 0) is 49.7 Å². The van der Waals surface area contributed by atoms with Crippen LogP contribution in [0.4, 0.5) is 5.69 Å². The predicted molar refractivity (Wildman–Crippen MR) is 108 cm³/mol. The minimum Gasteiger partial charge on any atom is -0.384 e. The predicted octanol–water partition coefficient (Wildman–Crippen LogP) is 4.77. The fourth-order valence-corrected chi connectivity index (χ4v) is 3.00. The Labute approximate surface area is 158 Å². The summed E-state index contributed by atoms with van der Waals surface area (Å²) in [6, 6.07) is 15.3. The molecule has 1 amide bonds. The van der Waals surface area contributed by atoms with Crippen LogP contribution in [0.15, 0.2) is 54.7 Å². The van der Waals surface area contributed by atoms with Gasteiger partial charge in [-0.3, -0.25) is 9.78 Å². The van der Waals surface area contributed by atoms with Gasteiger partial charge in [0.2, 0.25) is 0 Å². The number of nitrogens with zero attached hydrogens (tertiary/aromatic N) is 2. The molecule has 0 radical (unpaired) electrons. The van der Waals surface area contributed by atoms with Gasteiger partial charge in [-0.15, -0.1) is 0 Å². The number of benzene rings is 2. The number of aromatic nitrogens is 1. The summed E-state index contributed by atoms with van der Waals surface area (Å²) in [5, 5.41) is 5.15. The van der Waals surface area contributed by atoms with Crippen LogP contribution in [-0.2, 0) is 0 Å². The van der Waals surface area contributed by atoms with Crippen molar-refractivity contribution < 1.29 is 4.79 Å². The van der Waals surface area contributed by atoms with Crippen molar-refractivity contribution >= 4 is 34.1 Å². The second kappa shape index (κ2) is 8.19. The molecule has 0 atom stereocenters. The van der Waals surface area contributed by atoms with E-state index in [-0.39, 0.29) is 5.91 Å². The molecule has 0 aliphatic heterocycles. The molecule has 0 bridgehead atoms. The van der Waals surface area contributed by atoms with E-state index in [0.29, 0.717) is 11.6 Å². The zero-order chi connectivity index (χ0) is 18.5. The molecule has 134 valence electrons. The van der Waals surface area contributed by atoms with Gasteiger partial charge in [-0.1, -0.05) is 29.3 Å². The molecule has 0 aliphatic carbocycles. The van der Waals surface area contributed by atoms with Crippen LogP contribution < -0.4 is 5.32 Å². The zero-order valence-electron chi connectivity index (χ0n) is 15.0. The summed E-state index contributed by atoms with van der Waals surface area (Å²) >= 11 is 6.02. The molecule has 2 aromatic carbocycles. The monoisotopic (exact) mass is 367 g/mol. The number of carbonyl (C=O) groups is 1. The second-order valence-electron chi connectivity index (χ2n) is 6.39. The van der Waals surface area contributed by atoms with E-state index in [1.54, 1.807) is 11.1 Å². The molecule has 1 aromatic heterocycles. The molecular weight excluding hydrogens is 346 g/mol. The van der Waals surface area contributed by atoms with E-state index in [1.165, 1.54) is 0 Å². The average Bonchev–Trinajstić information content (AvgIpc) is 2.64. The Balaban J connectivity index is 1.54. The Morgan fingerprint density at radius 3 is 2.69 bits per heavy atom. The lowest BCUT2D eigenvalue weighted by molar-refractivity contribution is 0.0794. The van der Waals surface area contributed by atoms with E-state index in [4.69, 9.17) is 11.6 Å². The van der Waals surface area contributed by atoms with Crippen LogP contribution in [0.25, 0.3) is 10.9 Å². The number of aryl methyl sites for hydroxylation is 1. The molecule has 0 saturated carbocycles. The molecule has 3 aromatic rings. The number of rotatable bonds is 6. The Hall–Kier alpha value is -2.59. The minimum absolute atomic E-state index is 0.0500. The lowest BCUT2D eigenvalue weighted by Crippen LogP contribution is -2.28. The van der Waals surface area contributed by atoms with Gasteiger partial charge in [-0.2, -0.15) is 0 Å². The van der Waals surface area contributed by atoms with E-state index in [2.05, 4.69) is 10.3 Å². The smallest absolute Gasteiger partial charge is 0.253 e. The first-order valence-corrected chi connectivity index (χ1v) is 9.02. The third kappa shape index (κ3) is 4.33. The number of halogens is 1. The lowest BCUT2D eigenvalue weighted by atomic mass is 10.1. The Bertz CT molecular complexity index is 909. The summed E-state index contributed by atoms with van der Waals surface area (Å²) in [5.41, 5.74) is 3.77. The zero-order valence-corrected chi connectivity index (χ0v) is 15.8. The average molecular weight is 368 g/mol. The van der Waals surface area contributed by atoms with Crippen molar-refractivity contribution in [1.29, 1.82) is 0 Å². The molecule has 1 N–H and O–H groups in total. The maximum atomic E-state index is 12.4. The molecule has 0 spiro atoms. The first kappa shape index (κ1) is 18.2. The number of hydrogen-bond donors (Lipinski definition) is 1. The van der Waals surface area contributed by atoms with Gasteiger partial charge in [0, 0.05) is 48.0 Å². The van der Waals surface area contributed by atoms with Gasteiger partial charge < -0.3 is 10.2 Å². The standard InChI is InChI=1S/C21H22ClN3O/c1-15-4-6-16(7-5-15)21(26)25(2)13-3-11-23-19-10-12-24-20-14-17(22)8-9-18(19)20/h4-10,12,14H,3,11,13H2,1-2H3,(H,23,24). The summed E-state index contributed by atoms with van der Waals surface area (Å²) in [6.07, 6.45) is 2.62. The number of pyridine rings is 1. The van der Waals surface area contributed by atoms with Crippen molar-refractivity contribution in [1.82, 2.24) is 9.88 Å². The van der Waals surface area contributed by atoms with Crippen LogP contribution in [-0.4, -0.2) is 35.9 Å². The third-order valence-corrected chi connectivity index (χ3v) is 4.57. The number of fused-ring (bicyclic) bond motifs is 1. The minimum atomic E-state index is 0.0500. The van der Waals surface area contributed by atoms with E-state index >= 15 is 0 Å². The summed E-state index contributed by atoms with van der Waals surface area (Å²) in [4.78, 5) is 18.5. The molecule has 0 fully saturated rings. The van der Waals surface area contributed by atoms with Crippen molar-refractivity contribution in [3.05, 3.63) is 70.9 Å². The highest BCUT2D eigenvalue weighted by Crippen LogP contribution is 2.24. The van der Waals surface area contributed by atoms with Crippen molar-refractivity contribution in [3.63, 3.8) is 0 Å². The normalized spacial score (nSPS) is 10.7. The van der Waals surface area contributed by atoms with Crippen LogP contribution in [0.1, 0.15) is 22.3 Å². The second-order valence-corrected chi connectivity index (χ2v) is 6.83. The number of anilines is 1. The number of nitrogens with one attached hydrogen (secondary N) is 1. The fourth-order valence-electron chi connectivity index (χ4n) is 2.83. The van der Waals surface area contributed by atoms with Gasteiger partial charge in [0.1, 0.15) is 0 Å². The highest BCUT2D eigenvalue weighted by atomic mass is 35.5. The van der Waals surface area contributed by atoms with Crippen LogP contribution in [0.3, 0.4) is 0 Å². The number of amides is 1. The van der Waals surface area contributed by atoms with Crippen LogP contribution in [0.2, 0.25) is 5.02 Å². The molecule has 5 heteroatoms. The molecule has 26 heavy (non-hydrogen) atoms. The van der Waals surface area contributed by atoms with Gasteiger partial charge >= 0.3 is 0 Å². The van der Waals surface area contributed by atoms with Gasteiger partial charge in [-0.25, -0.2) is 0 Å². The number of carbonyl (C=O) groups excluding carboxylic acids is 1. The molecule has 1 heterocycles. The molecule has 3 rings (SSSR count). The van der Waals surface area contributed by atoms with Crippen LogP contribution in [0, 0.1) is 6.92 Å². The maximum absolute atomic E-state index is 12.4. The highest BCUT2D eigenvalue weighted by Gasteiger charge is 2.10. The topological polar surface area (TPSA) is 45.2 Å². The van der Waals surface area contributed by atoms with E-state index in [9.17, 15) is 4.79 Å². The Morgan fingerprint density at radius 2 is 1.92 bits per heavy atom. The molecule has 0 saturated heterocycles. The Morgan fingerprint density at radius 1 is 1.15 bits per heavy atom. The van der Waals surface area contributed by atoms with Crippen LogP contribution in [0.5, 0.6) is 0 Å². The van der Waals surface area contributed by atoms with E-state index in [0.717, 1.165) is 40.7 Å². The quantitative estimate of drug-likeness (QED) is 0.638. The first-order valence-electron chi connectivity index (χ1n) is 8.65. The van der Waals surface area contributed by atoms with Crippen molar-refractivity contribution in [2.75, 3.05) is 25.5 Å². The largest absolute Gasteiger partial charge is 0.384 e. The molecule has 0 unspecified atom stereocenters. The SMILES string of the molecule is Cc1ccc(C(=O)N(C)CCCNc2ccnc3cc(Cl)ccc23)cc1. The molecule has 4 nitrogen and oxygen atoms in total. The van der Waals surface area contributed by atoms with Gasteiger partial charge in [0.05, 0.1) is 5.52 Å². The Kier molecular flexibility index (Phi) is 5.74. The summed E-state index contributed by atoms with van der Waals surface area (Å²) in [5.74, 6) is 0.0500. The van der Waals surface area contributed by atoms with Crippen LogP contribution >= 0.6 is 11.6 Å². The summed E-state index contributed by atoms with van der Waals surface area (Å²) in [6.45, 7) is 3.47. The van der Waals surface area contributed by atoms with E-state index < -0.39 is 0 Å². The first-order chi connectivity index (χ1) is 12.5. The summed E-state index contributed by atoms with van der Waals surface area (Å²) in [7, 11) is 1.84. The summed E-state index contributed by atoms with van der Waals surface area (Å²) < 4.78 is 0. The highest BCUT2D eigenvalue weighted by molar-refractivity contribution is 6.31. The van der Waals surface area contributed by atoms with Crippen molar-refractivity contribution in [2.45, 2.75) is 13.3 Å². The maximum Gasteiger partial charge on any atom is 0.253 e. The lowest BCUT2D eigenvalue weighted by Gasteiger charge is -2.18. The van der Waals surface area contributed by atoms with Gasteiger partial charge in [0.25, 0.3) is 5.91 Å².